The minimum absolute atomic E-state index is 0.418. The topological polar surface area (TPSA) is 50.9 Å². The molecule has 0 unspecified atom stereocenters. The van der Waals surface area contributed by atoms with Gasteiger partial charge in [0.05, 0.1) is 16.6 Å². The van der Waals surface area contributed by atoms with Crippen LogP contribution in [0.15, 0.2) is 24.3 Å². The van der Waals surface area contributed by atoms with Crippen LogP contribution < -0.4 is 11.1 Å². The largest absolute Gasteiger partial charge is 0.396 e. The zero-order valence-corrected chi connectivity index (χ0v) is 10.5. The molecule has 0 fully saturated rings. The molecule has 0 aliphatic heterocycles. The van der Waals surface area contributed by atoms with Crippen molar-refractivity contribution in [3.05, 3.63) is 38.6 Å². The molecule has 2 aromatic rings. The number of nitrogens with one attached hydrogen (secondary N) is 1. The van der Waals surface area contributed by atoms with Gasteiger partial charge in [0.1, 0.15) is 5.15 Å². The molecule has 16 heavy (non-hydrogen) atoms. The molecule has 0 saturated carbocycles. The molecule has 0 aliphatic rings. The molecular formula is C10H9Cl2N3S. The van der Waals surface area contributed by atoms with Gasteiger partial charge in [-0.15, -0.1) is 11.3 Å². The summed E-state index contributed by atoms with van der Waals surface area (Å²) in [6.45, 7) is 0.634. The molecule has 3 N–H and O–H groups in total. The second-order valence-electron chi connectivity index (χ2n) is 3.13. The Morgan fingerprint density at radius 1 is 1.25 bits per heavy atom. The Kier molecular flexibility index (Phi) is 3.53. The van der Waals surface area contributed by atoms with Crippen molar-refractivity contribution in [1.82, 2.24) is 4.98 Å². The third-order valence-electron chi connectivity index (χ3n) is 1.95. The predicted octanol–water partition coefficient (Wildman–Crippen LogP) is 3.64. The van der Waals surface area contributed by atoms with Crippen molar-refractivity contribution in [3.63, 3.8) is 0 Å². The van der Waals surface area contributed by atoms with Gasteiger partial charge in [-0.05, 0) is 24.3 Å². The van der Waals surface area contributed by atoms with E-state index in [2.05, 4.69) is 10.3 Å². The van der Waals surface area contributed by atoms with Crippen molar-refractivity contribution in [2.75, 3.05) is 11.1 Å². The van der Waals surface area contributed by atoms with E-state index in [0.717, 1.165) is 9.21 Å². The third-order valence-corrected chi connectivity index (χ3v) is 3.39. The van der Waals surface area contributed by atoms with E-state index < -0.39 is 0 Å². The Bertz CT molecular complexity index is 499. The summed E-state index contributed by atoms with van der Waals surface area (Å²) in [5.41, 5.74) is 6.33. The first-order valence-electron chi connectivity index (χ1n) is 4.55. The van der Waals surface area contributed by atoms with Crippen LogP contribution in [-0.2, 0) is 6.54 Å². The molecule has 2 aromatic heterocycles. The van der Waals surface area contributed by atoms with Gasteiger partial charge < -0.3 is 11.1 Å². The number of hydrogen-bond donors (Lipinski definition) is 2. The first-order valence-corrected chi connectivity index (χ1v) is 6.12. The molecule has 0 aromatic carbocycles. The summed E-state index contributed by atoms with van der Waals surface area (Å²) < 4.78 is 0.767. The lowest BCUT2D eigenvalue weighted by molar-refractivity contribution is 1.14. The number of aromatic nitrogens is 1. The van der Waals surface area contributed by atoms with E-state index in [1.54, 1.807) is 12.1 Å². The van der Waals surface area contributed by atoms with Gasteiger partial charge in [0.2, 0.25) is 0 Å². The van der Waals surface area contributed by atoms with Crippen LogP contribution in [0.3, 0.4) is 0 Å². The first-order chi connectivity index (χ1) is 7.65. The second-order valence-corrected chi connectivity index (χ2v) is 5.32. The van der Waals surface area contributed by atoms with Crippen molar-refractivity contribution in [1.29, 1.82) is 0 Å². The summed E-state index contributed by atoms with van der Waals surface area (Å²) in [5.74, 6) is 0.594. The SMILES string of the molecule is Nc1ccc(Cl)nc1NCc1ccc(Cl)s1. The van der Waals surface area contributed by atoms with E-state index in [1.807, 2.05) is 12.1 Å². The maximum Gasteiger partial charge on any atom is 0.151 e. The molecule has 84 valence electrons. The number of rotatable bonds is 3. The normalized spacial score (nSPS) is 10.4. The smallest absolute Gasteiger partial charge is 0.151 e. The van der Waals surface area contributed by atoms with E-state index in [0.29, 0.717) is 23.2 Å². The number of anilines is 2. The van der Waals surface area contributed by atoms with Gasteiger partial charge in [-0.2, -0.15) is 0 Å². The Balaban J connectivity index is 2.07. The lowest BCUT2D eigenvalue weighted by Gasteiger charge is -2.06. The average Bonchev–Trinajstić information content (AvgIpc) is 2.66. The van der Waals surface area contributed by atoms with Crippen LogP contribution in [0.5, 0.6) is 0 Å². The van der Waals surface area contributed by atoms with Crippen LogP contribution in [0.4, 0.5) is 11.5 Å². The highest BCUT2D eigenvalue weighted by Gasteiger charge is 2.03. The summed E-state index contributed by atoms with van der Waals surface area (Å²) in [6, 6.07) is 7.20. The van der Waals surface area contributed by atoms with Gasteiger partial charge in [-0.3, -0.25) is 0 Å². The lowest BCUT2D eigenvalue weighted by Crippen LogP contribution is -2.03. The summed E-state index contributed by atoms with van der Waals surface area (Å²) in [6.07, 6.45) is 0. The summed E-state index contributed by atoms with van der Waals surface area (Å²) in [5, 5.41) is 3.53. The maximum atomic E-state index is 5.83. The molecule has 2 heterocycles. The zero-order valence-electron chi connectivity index (χ0n) is 8.21. The van der Waals surface area contributed by atoms with Gasteiger partial charge >= 0.3 is 0 Å². The third kappa shape index (κ3) is 2.78. The zero-order chi connectivity index (χ0) is 11.5. The fourth-order valence-corrected chi connectivity index (χ4v) is 2.38. The summed E-state index contributed by atoms with van der Waals surface area (Å²) >= 11 is 13.1. The van der Waals surface area contributed by atoms with E-state index in [-0.39, 0.29) is 0 Å². The Hall–Kier alpha value is -0.970. The molecule has 0 bridgehead atoms. The minimum Gasteiger partial charge on any atom is -0.396 e. The van der Waals surface area contributed by atoms with Crippen LogP contribution in [0.25, 0.3) is 0 Å². The average molecular weight is 274 g/mol. The van der Waals surface area contributed by atoms with Crippen LogP contribution in [0, 0.1) is 0 Å². The first kappa shape index (κ1) is 11.5. The van der Waals surface area contributed by atoms with Crippen LogP contribution >= 0.6 is 34.5 Å². The fraction of sp³-hybridized carbons (Fsp3) is 0.100. The van der Waals surface area contributed by atoms with Crippen molar-refractivity contribution >= 4 is 46.0 Å². The molecule has 0 radical (unpaired) electrons. The monoisotopic (exact) mass is 273 g/mol. The molecule has 3 nitrogen and oxygen atoms in total. The fourth-order valence-electron chi connectivity index (χ4n) is 1.21. The molecule has 6 heteroatoms. The van der Waals surface area contributed by atoms with Crippen molar-refractivity contribution in [3.8, 4) is 0 Å². The van der Waals surface area contributed by atoms with Crippen LogP contribution in [-0.4, -0.2) is 4.98 Å². The van der Waals surface area contributed by atoms with Gasteiger partial charge in [0.15, 0.2) is 5.82 Å². The second kappa shape index (κ2) is 4.91. The Morgan fingerprint density at radius 2 is 2.06 bits per heavy atom. The number of halogens is 2. The van der Waals surface area contributed by atoms with E-state index in [4.69, 9.17) is 28.9 Å². The van der Waals surface area contributed by atoms with Crippen molar-refractivity contribution in [2.24, 2.45) is 0 Å². The molecule has 0 saturated heterocycles. The molecule has 0 spiro atoms. The maximum absolute atomic E-state index is 5.83. The van der Waals surface area contributed by atoms with Crippen LogP contribution in [0.2, 0.25) is 9.49 Å². The predicted molar refractivity (Wildman–Crippen MR) is 70.3 cm³/mol. The highest BCUT2D eigenvalue weighted by Crippen LogP contribution is 2.23. The Labute approximate surface area is 107 Å². The summed E-state index contributed by atoms with van der Waals surface area (Å²) in [7, 11) is 0. The van der Waals surface area contributed by atoms with E-state index in [1.165, 1.54) is 11.3 Å². The molecule has 2 rings (SSSR count). The number of thiophene rings is 1. The standard InChI is InChI=1S/C10H9Cl2N3S/c11-8-3-2-7(13)10(15-8)14-5-6-1-4-9(12)16-6/h1-4H,5,13H2,(H,14,15). The van der Waals surface area contributed by atoms with Crippen LogP contribution in [0.1, 0.15) is 4.88 Å². The highest BCUT2D eigenvalue weighted by molar-refractivity contribution is 7.16. The Morgan fingerprint density at radius 3 is 2.75 bits per heavy atom. The minimum atomic E-state index is 0.418. The highest BCUT2D eigenvalue weighted by atomic mass is 35.5. The van der Waals surface area contributed by atoms with Gasteiger partial charge in [-0.25, -0.2) is 4.98 Å². The van der Waals surface area contributed by atoms with E-state index >= 15 is 0 Å². The van der Waals surface area contributed by atoms with Crippen molar-refractivity contribution in [2.45, 2.75) is 6.54 Å². The number of hydrogen-bond acceptors (Lipinski definition) is 4. The van der Waals surface area contributed by atoms with Gasteiger partial charge in [-0.1, -0.05) is 23.2 Å². The quantitative estimate of drug-likeness (QED) is 0.840. The van der Waals surface area contributed by atoms with Gasteiger partial charge in [0, 0.05) is 4.88 Å². The lowest BCUT2D eigenvalue weighted by atomic mass is 10.4. The molecule has 0 amide bonds. The number of nitrogens with two attached hydrogens (primary N) is 1. The summed E-state index contributed by atoms with van der Waals surface area (Å²) in [4.78, 5) is 5.21. The van der Waals surface area contributed by atoms with Gasteiger partial charge in [0.25, 0.3) is 0 Å². The number of pyridine rings is 1. The van der Waals surface area contributed by atoms with E-state index in [9.17, 15) is 0 Å². The van der Waals surface area contributed by atoms with Crippen molar-refractivity contribution < 1.29 is 0 Å². The molecular weight excluding hydrogens is 265 g/mol. The molecule has 0 aliphatic carbocycles. The number of nitrogen functional groups attached to an aromatic ring is 1. The molecule has 0 atom stereocenters. The number of nitrogens with zero attached hydrogens (tertiary/aromatic N) is 1.